The topological polar surface area (TPSA) is 419 Å². The Balaban J connectivity index is 1.24. The molecule has 26 heteroatoms. The van der Waals surface area contributed by atoms with E-state index in [9.17, 15) is 53.4 Å². The summed E-state index contributed by atoms with van der Waals surface area (Å²) in [5.41, 5.74) is 29.9. The number of carbonyl (C=O) groups excluding carboxylic acids is 8. The molecule has 8 atom stereocenters. The zero-order chi connectivity index (χ0) is 59.0. The first kappa shape index (κ1) is 63.2. The minimum Gasteiger partial charge on any atom is -0.480 e. The van der Waals surface area contributed by atoms with Gasteiger partial charge in [0.25, 0.3) is 0 Å². The summed E-state index contributed by atoms with van der Waals surface area (Å²) in [5, 5.41) is 33.4. The van der Waals surface area contributed by atoms with E-state index in [1.807, 2.05) is 18.2 Å². The molecule has 2 heterocycles. The fourth-order valence-corrected chi connectivity index (χ4v) is 9.69. The van der Waals surface area contributed by atoms with E-state index in [0.29, 0.717) is 30.4 Å². The normalized spacial score (nSPS) is 16.9. The summed E-state index contributed by atoms with van der Waals surface area (Å²) in [6.07, 6.45) is 2.06. The number of aliphatic hydroxyl groups is 1. The third-order valence-corrected chi connectivity index (χ3v) is 14.0. The van der Waals surface area contributed by atoms with Crippen LogP contribution in [0.25, 0.3) is 0 Å². The number of likely N-dealkylation sites (tertiary alicyclic amines) is 2. The largest absolute Gasteiger partial charge is 0.480 e. The molecule has 0 radical (unpaired) electrons. The van der Waals surface area contributed by atoms with Crippen molar-refractivity contribution in [2.75, 3.05) is 46.4 Å². The van der Waals surface area contributed by atoms with Crippen molar-refractivity contribution in [1.82, 2.24) is 41.3 Å². The van der Waals surface area contributed by atoms with Gasteiger partial charge in [-0.1, -0.05) is 91.0 Å². The molecule has 17 N–H and O–H groups in total. The van der Waals surface area contributed by atoms with Gasteiger partial charge in [0.2, 0.25) is 47.3 Å². The average Bonchev–Trinajstić information content (AvgIpc) is 4.17. The Morgan fingerprint density at radius 3 is 1.56 bits per heavy atom. The number of carboxylic acid groups (broad SMARTS) is 1. The first-order valence-corrected chi connectivity index (χ1v) is 26.9. The summed E-state index contributed by atoms with van der Waals surface area (Å²) in [6, 6.07) is 16.6. The Morgan fingerprint density at radius 2 is 1.06 bits per heavy atom. The molecule has 8 amide bonds. The lowest BCUT2D eigenvalue weighted by molar-refractivity contribution is -0.147. The number of aliphatic carboxylic acids is 1. The van der Waals surface area contributed by atoms with E-state index in [4.69, 9.17) is 28.7 Å². The second kappa shape index (κ2) is 31.8. The molecule has 26 nitrogen and oxygen atoms in total. The van der Waals surface area contributed by atoms with Crippen molar-refractivity contribution in [2.24, 2.45) is 38.7 Å². The first-order valence-electron chi connectivity index (χ1n) is 26.9. The molecule has 0 spiro atoms. The molecule has 2 saturated heterocycles. The molecule has 81 heavy (non-hydrogen) atoms. The lowest BCUT2D eigenvalue weighted by Gasteiger charge is -2.34. The van der Waals surface area contributed by atoms with Crippen LogP contribution in [0.5, 0.6) is 0 Å². The number of amides is 8. The monoisotopic (exact) mass is 1120 g/mol. The number of aliphatic hydroxyl groups excluding tert-OH is 1. The van der Waals surface area contributed by atoms with E-state index in [-0.39, 0.29) is 89.5 Å². The van der Waals surface area contributed by atoms with Gasteiger partial charge in [0, 0.05) is 52.5 Å². The molecule has 2 aliphatic heterocycles. The van der Waals surface area contributed by atoms with Gasteiger partial charge in [-0.3, -0.25) is 48.3 Å². The van der Waals surface area contributed by atoms with Gasteiger partial charge in [-0.2, -0.15) is 0 Å². The van der Waals surface area contributed by atoms with Gasteiger partial charge >= 0.3 is 5.97 Å². The number of benzene rings is 3. The van der Waals surface area contributed by atoms with Crippen LogP contribution >= 0.6 is 0 Å². The van der Waals surface area contributed by atoms with Crippen LogP contribution < -0.4 is 55.3 Å². The highest BCUT2D eigenvalue weighted by atomic mass is 16.4. The van der Waals surface area contributed by atoms with Crippen molar-refractivity contribution < 1.29 is 53.4 Å². The van der Waals surface area contributed by atoms with Crippen LogP contribution in [0.4, 0.5) is 0 Å². The highest BCUT2D eigenvalue weighted by Gasteiger charge is 2.42. The number of guanidine groups is 2. The third-order valence-electron chi connectivity index (χ3n) is 14.0. The van der Waals surface area contributed by atoms with Gasteiger partial charge in [0.05, 0.1) is 19.2 Å². The van der Waals surface area contributed by atoms with Gasteiger partial charge in [0.15, 0.2) is 11.9 Å². The summed E-state index contributed by atoms with van der Waals surface area (Å²) >= 11 is 0. The SMILES string of the molecule is CN(C(=O)[C@@H](N)CCCN=C(N)N)[C@H](Cc1ccccc1)C(=O)N1CCC[C@H]1C(=O)NCC(=O)N[C@@H](Cc1ccccc1)C(=O)N[C@@H](CO)C(=O)N1CCC[C@H]1C(=O)N[C@@H](Cc1ccccc1)C(=O)N[C@@H](CCCN=C(N)N)C(=O)O. The highest BCUT2D eigenvalue weighted by Crippen LogP contribution is 2.23. The molecule has 438 valence electrons. The predicted octanol–water partition coefficient (Wildman–Crippen LogP) is -2.91. The number of rotatable bonds is 30. The molecule has 5 rings (SSSR count). The minimum absolute atomic E-state index is 0.0255. The maximum Gasteiger partial charge on any atom is 0.326 e. The number of nitrogens with one attached hydrogen (secondary N) is 5. The standard InChI is InChI=1S/C55H77N15O11/c1-68(50(77)37(56)21-11-25-61-54(57)58)44(31-36-19-9-4-10-20-36)52(79)70-28-13-23-42(70)48(75)63-32-45(72)64-39(29-34-15-5-2-6-16-34)46(73)67-41(33-71)51(78)69-27-14-24-43(69)49(76)66-40(30-35-17-7-3-8-18-35)47(74)65-38(53(80)81)22-12-26-62-55(59)60/h2-10,15-20,37-44,71H,11-14,21-33,56H2,1H3,(H,63,75)(H,64,72)(H,65,74)(H,66,76)(H,67,73)(H,80,81)(H4,57,58,61)(H4,59,60,62)/t37-,38-,39-,40-,41-,42-,43-,44+/m0/s1. The number of nitrogens with two attached hydrogens (primary N) is 5. The lowest BCUT2D eigenvalue weighted by Crippen LogP contribution is -2.60. The number of carbonyl (C=O) groups is 9. The first-order chi connectivity index (χ1) is 38.8. The minimum atomic E-state index is -1.60. The fraction of sp³-hybridized carbons (Fsp3) is 0.473. The van der Waals surface area contributed by atoms with Crippen LogP contribution in [-0.4, -0.2) is 185 Å². The summed E-state index contributed by atoms with van der Waals surface area (Å²) in [7, 11) is 1.49. The molecule has 2 aliphatic rings. The fourth-order valence-electron chi connectivity index (χ4n) is 9.69. The molecule has 3 aromatic rings. The Bertz CT molecular complexity index is 2680. The van der Waals surface area contributed by atoms with Crippen LogP contribution in [0, 0.1) is 0 Å². The Hall–Kier alpha value is -8.65. The van der Waals surface area contributed by atoms with Gasteiger partial charge in [0.1, 0.15) is 42.3 Å². The molecule has 0 aromatic heterocycles. The maximum absolute atomic E-state index is 14.5. The van der Waals surface area contributed by atoms with E-state index in [2.05, 4.69) is 36.6 Å². The second-order valence-electron chi connectivity index (χ2n) is 20.0. The molecular weight excluding hydrogens is 1050 g/mol. The smallest absolute Gasteiger partial charge is 0.326 e. The molecule has 0 aliphatic carbocycles. The molecule has 0 unspecified atom stereocenters. The number of aliphatic imine (C=N–C) groups is 2. The number of nitrogens with zero attached hydrogens (tertiary/aromatic N) is 5. The Labute approximate surface area is 470 Å². The number of hydrogen-bond acceptors (Lipinski definition) is 13. The van der Waals surface area contributed by atoms with Crippen LogP contribution in [0.15, 0.2) is 101 Å². The summed E-state index contributed by atoms with van der Waals surface area (Å²) in [4.78, 5) is 136. The zero-order valence-corrected chi connectivity index (χ0v) is 45.5. The van der Waals surface area contributed by atoms with E-state index < -0.39 is 115 Å². The number of hydrogen-bond donors (Lipinski definition) is 12. The number of carboxylic acids is 1. The van der Waals surface area contributed by atoms with Gasteiger partial charge < -0.3 is 80.2 Å². The zero-order valence-electron chi connectivity index (χ0n) is 45.5. The maximum atomic E-state index is 14.5. The molecule has 2 fully saturated rings. The van der Waals surface area contributed by atoms with Crippen LogP contribution in [0.1, 0.15) is 68.1 Å². The van der Waals surface area contributed by atoms with Gasteiger partial charge in [-0.15, -0.1) is 0 Å². The third kappa shape index (κ3) is 19.6. The molecular formula is C55H77N15O11. The summed E-state index contributed by atoms with van der Waals surface area (Å²) in [5.74, 6) is -7.24. The average molecular weight is 1120 g/mol. The van der Waals surface area contributed by atoms with Crippen LogP contribution in [-0.2, 0) is 62.4 Å². The quantitative estimate of drug-likeness (QED) is 0.0181. The van der Waals surface area contributed by atoms with Crippen molar-refractivity contribution in [3.8, 4) is 0 Å². The number of likely N-dealkylation sites (N-methyl/N-ethyl adjacent to an activating group) is 1. The van der Waals surface area contributed by atoms with E-state index in [0.717, 1.165) is 5.56 Å². The second-order valence-corrected chi connectivity index (χ2v) is 20.0. The van der Waals surface area contributed by atoms with Crippen LogP contribution in [0.3, 0.4) is 0 Å². The van der Waals surface area contributed by atoms with Crippen molar-refractivity contribution >= 4 is 65.1 Å². The van der Waals surface area contributed by atoms with E-state index in [1.54, 1.807) is 72.8 Å². The Morgan fingerprint density at radius 1 is 0.605 bits per heavy atom. The highest BCUT2D eigenvalue weighted by molar-refractivity contribution is 5.98. The van der Waals surface area contributed by atoms with Gasteiger partial charge in [-0.05, 0) is 68.1 Å². The van der Waals surface area contributed by atoms with Crippen molar-refractivity contribution in [1.29, 1.82) is 0 Å². The molecule has 0 bridgehead atoms. The van der Waals surface area contributed by atoms with E-state index in [1.165, 1.54) is 21.7 Å². The van der Waals surface area contributed by atoms with Crippen molar-refractivity contribution in [2.45, 2.75) is 119 Å². The van der Waals surface area contributed by atoms with Crippen LogP contribution in [0.2, 0.25) is 0 Å². The lowest BCUT2D eigenvalue weighted by atomic mass is 10.0. The van der Waals surface area contributed by atoms with Gasteiger partial charge in [-0.25, -0.2) is 4.79 Å². The molecule has 0 saturated carbocycles. The van der Waals surface area contributed by atoms with Crippen molar-refractivity contribution in [3.63, 3.8) is 0 Å². The predicted molar refractivity (Wildman–Crippen MR) is 300 cm³/mol. The molecule has 3 aromatic carbocycles. The van der Waals surface area contributed by atoms with E-state index >= 15 is 0 Å². The summed E-state index contributed by atoms with van der Waals surface area (Å²) in [6.45, 7) is -0.914. The summed E-state index contributed by atoms with van der Waals surface area (Å²) < 4.78 is 0. The Kier molecular flexibility index (Phi) is 24.8. The van der Waals surface area contributed by atoms with Crippen molar-refractivity contribution in [3.05, 3.63) is 108 Å².